The minimum atomic E-state index is -3.78. The summed E-state index contributed by atoms with van der Waals surface area (Å²) in [4.78, 5) is 0.0652. The molecule has 0 atom stereocenters. The minimum Gasteiger partial charge on any atom is -0.493 e. The minimum absolute atomic E-state index is 0.0652. The van der Waals surface area contributed by atoms with Crippen LogP contribution < -0.4 is 19.9 Å². The van der Waals surface area contributed by atoms with Gasteiger partial charge in [0, 0.05) is 5.56 Å². The SMILES string of the molecule is CNCCc1c(S(N)(=O)=O)ccc(OC)c1OC. The molecule has 6 nitrogen and oxygen atoms in total. The number of methoxy groups -OCH3 is 2. The van der Waals surface area contributed by atoms with Crippen molar-refractivity contribution < 1.29 is 17.9 Å². The maximum absolute atomic E-state index is 11.5. The molecule has 1 rings (SSSR count). The molecule has 0 spiro atoms. The fraction of sp³-hybridized carbons (Fsp3) is 0.455. The number of hydrogen-bond acceptors (Lipinski definition) is 5. The molecule has 0 fully saturated rings. The summed E-state index contributed by atoms with van der Waals surface area (Å²) in [6.45, 7) is 0.603. The van der Waals surface area contributed by atoms with Crippen molar-refractivity contribution in [2.75, 3.05) is 27.8 Å². The summed E-state index contributed by atoms with van der Waals surface area (Å²) in [6, 6.07) is 2.96. The highest BCUT2D eigenvalue weighted by atomic mass is 32.2. The fourth-order valence-electron chi connectivity index (χ4n) is 1.73. The smallest absolute Gasteiger partial charge is 0.238 e. The number of primary sulfonamides is 1. The Morgan fingerprint density at radius 1 is 1.28 bits per heavy atom. The lowest BCUT2D eigenvalue weighted by molar-refractivity contribution is 0.350. The average Bonchev–Trinajstić information content (AvgIpc) is 2.33. The average molecular weight is 274 g/mol. The molecule has 0 aliphatic heterocycles. The maximum atomic E-state index is 11.5. The highest BCUT2D eigenvalue weighted by Crippen LogP contribution is 2.35. The molecule has 3 N–H and O–H groups in total. The molecule has 0 aromatic heterocycles. The van der Waals surface area contributed by atoms with Gasteiger partial charge in [0.15, 0.2) is 11.5 Å². The second-order valence-electron chi connectivity index (χ2n) is 3.68. The Kier molecular flexibility index (Phi) is 4.94. The second kappa shape index (κ2) is 6.03. The Balaban J connectivity index is 3.44. The normalized spacial score (nSPS) is 11.3. The fourth-order valence-corrected chi connectivity index (χ4v) is 2.52. The summed E-state index contributed by atoms with van der Waals surface area (Å²) >= 11 is 0. The molecule has 0 aliphatic rings. The van der Waals surface area contributed by atoms with Gasteiger partial charge in [0.25, 0.3) is 0 Å². The number of likely N-dealkylation sites (N-methyl/N-ethyl adjacent to an activating group) is 1. The highest BCUT2D eigenvalue weighted by Gasteiger charge is 2.20. The Hall–Kier alpha value is -1.31. The van der Waals surface area contributed by atoms with Crippen molar-refractivity contribution in [3.63, 3.8) is 0 Å². The first kappa shape index (κ1) is 14.7. The number of sulfonamides is 1. The number of nitrogens with two attached hydrogens (primary N) is 1. The molecular formula is C11H18N2O4S. The van der Waals surface area contributed by atoms with Crippen LogP contribution in [0.25, 0.3) is 0 Å². The molecule has 102 valence electrons. The van der Waals surface area contributed by atoms with Crippen molar-refractivity contribution >= 4 is 10.0 Å². The van der Waals surface area contributed by atoms with Crippen LogP contribution in [0.5, 0.6) is 11.5 Å². The first-order chi connectivity index (χ1) is 8.45. The Morgan fingerprint density at radius 3 is 2.39 bits per heavy atom. The van der Waals surface area contributed by atoms with Gasteiger partial charge in [0.1, 0.15) is 0 Å². The van der Waals surface area contributed by atoms with Crippen molar-refractivity contribution in [1.29, 1.82) is 0 Å². The van der Waals surface area contributed by atoms with Gasteiger partial charge in [0.2, 0.25) is 10.0 Å². The number of ether oxygens (including phenoxy) is 2. The van der Waals surface area contributed by atoms with Gasteiger partial charge in [-0.2, -0.15) is 0 Å². The zero-order chi connectivity index (χ0) is 13.8. The van der Waals surface area contributed by atoms with Crippen LogP contribution in [0.1, 0.15) is 5.56 Å². The van der Waals surface area contributed by atoms with Crippen LogP contribution in [0.15, 0.2) is 17.0 Å². The van der Waals surface area contributed by atoms with Gasteiger partial charge in [-0.1, -0.05) is 0 Å². The predicted octanol–water partition coefficient (Wildman–Crippen LogP) is 0.113. The number of rotatable bonds is 6. The van der Waals surface area contributed by atoms with Crippen LogP contribution in [0.3, 0.4) is 0 Å². The third kappa shape index (κ3) is 3.12. The van der Waals surface area contributed by atoms with E-state index in [2.05, 4.69) is 5.32 Å². The first-order valence-corrected chi connectivity index (χ1v) is 6.91. The van der Waals surface area contributed by atoms with Crippen molar-refractivity contribution in [3.05, 3.63) is 17.7 Å². The topological polar surface area (TPSA) is 90.7 Å². The van der Waals surface area contributed by atoms with Crippen molar-refractivity contribution in [2.24, 2.45) is 5.14 Å². The van der Waals surface area contributed by atoms with Crippen LogP contribution in [0.2, 0.25) is 0 Å². The van der Waals surface area contributed by atoms with E-state index < -0.39 is 10.0 Å². The molecule has 0 heterocycles. The largest absolute Gasteiger partial charge is 0.493 e. The Bertz CT molecular complexity index is 514. The summed E-state index contributed by atoms with van der Waals surface area (Å²) in [5.74, 6) is 0.885. The molecule has 0 unspecified atom stereocenters. The van der Waals surface area contributed by atoms with Crippen LogP contribution in [0, 0.1) is 0 Å². The molecule has 0 amide bonds. The monoisotopic (exact) mass is 274 g/mol. The zero-order valence-corrected chi connectivity index (χ0v) is 11.5. The summed E-state index contributed by atoms with van der Waals surface area (Å²) in [6.07, 6.45) is 0.475. The predicted molar refractivity (Wildman–Crippen MR) is 68.5 cm³/mol. The number of hydrogen-bond donors (Lipinski definition) is 2. The third-order valence-electron chi connectivity index (χ3n) is 2.54. The van der Waals surface area contributed by atoms with Crippen molar-refractivity contribution in [1.82, 2.24) is 5.32 Å². The van der Waals surface area contributed by atoms with Crippen molar-refractivity contribution in [3.8, 4) is 11.5 Å². The highest BCUT2D eigenvalue weighted by molar-refractivity contribution is 7.89. The zero-order valence-electron chi connectivity index (χ0n) is 10.7. The molecule has 18 heavy (non-hydrogen) atoms. The summed E-state index contributed by atoms with van der Waals surface area (Å²) in [5, 5.41) is 8.15. The van der Waals surface area contributed by atoms with Crippen molar-refractivity contribution in [2.45, 2.75) is 11.3 Å². The van der Waals surface area contributed by atoms with E-state index in [0.717, 1.165) is 0 Å². The van der Waals surface area contributed by atoms with E-state index in [1.54, 1.807) is 7.05 Å². The van der Waals surface area contributed by atoms with Crippen LogP contribution in [-0.2, 0) is 16.4 Å². The molecule has 0 bridgehead atoms. The number of nitrogens with one attached hydrogen (secondary N) is 1. The van der Waals surface area contributed by atoms with Crippen LogP contribution in [0.4, 0.5) is 0 Å². The van der Waals surface area contributed by atoms with Gasteiger partial charge in [-0.15, -0.1) is 0 Å². The van der Waals surface area contributed by atoms with E-state index in [-0.39, 0.29) is 4.90 Å². The standard InChI is InChI=1S/C11H18N2O4S/c1-13-7-6-8-10(18(12,14)15)5-4-9(16-2)11(8)17-3/h4-5,13H,6-7H2,1-3H3,(H2,12,14,15). The van der Waals surface area contributed by atoms with E-state index in [1.807, 2.05) is 0 Å². The van der Waals surface area contributed by atoms with Gasteiger partial charge >= 0.3 is 0 Å². The lowest BCUT2D eigenvalue weighted by Gasteiger charge is -2.15. The van der Waals surface area contributed by atoms with Gasteiger partial charge < -0.3 is 14.8 Å². The Labute approximate surface area is 107 Å². The molecule has 0 radical (unpaired) electrons. The third-order valence-corrected chi connectivity index (χ3v) is 3.53. The Morgan fingerprint density at radius 2 is 1.94 bits per heavy atom. The van der Waals surface area contributed by atoms with E-state index in [9.17, 15) is 8.42 Å². The molecule has 7 heteroatoms. The second-order valence-corrected chi connectivity index (χ2v) is 5.21. The van der Waals surface area contributed by atoms with Crippen LogP contribution in [-0.4, -0.2) is 36.2 Å². The first-order valence-electron chi connectivity index (χ1n) is 5.37. The van der Waals surface area contributed by atoms with Crippen LogP contribution >= 0.6 is 0 Å². The molecule has 1 aromatic rings. The van der Waals surface area contributed by atoms with Gasteiger partial charge in [-0.3, -0.25) is 0 Å². The van der Waals surface area contributed by atoms with E-state index in [1.165, 1.54) is 26.4 Å². The van der Waals surface area contributed by atoms with Gasteiger partial charge in [0.05, 0.1) is 19.1 Å². The van der Waals surface area contributed by atoms with Gasteiger partial charge in [-0.05, 0) is 32.1 Å². The van der Waals surface area contributed by atoms with E-state index in [4.69, 9.17) is 14.6 Å². The lowest BCUT2D eigenvalue weighted by atomic mass is 10.1. The van der Waals surface area contributed by atoms with E-state index >= 15 is 0 Å². The molecule has 0 saturated carbocycles. The summed E-state index contributed by atoms with van der Waals surface area (Å²) < 4.78 is 33.5. The molecular weight excluding hydrogens is 256 g/mol. The quantitative estimate of drug-likeness (QED) is 0.768. The molecule has 0 aliphatic carbocycles. The number of benzene rings is 1. The molecule has 0 saturated heterocycles. The van der Waals surface area contributed by atoms with E-state index in [0.29, 0.717) is 30.0 Å². The summed E-state index contributed by atoms with van der Waals surface area (Å²) in [5.41, 5.74) is 0.522. The lowest BCUT2D eigenvalue weighted by Crippen LogP contribution is -2.18. The summed E-state index contributed by atoms with van der Waals surface area (Å²) in [7, 11) is 0.958. The molecule has 1 aromatic carbocycles. The maximum Gasteiger partial charge on any atom is 0.238 e. The van der Waals surface area contributed by atoms with Gasteiger partial charge in [-0.25, -0.2) is 13.6 Å².